The molecule has 0 unspecified atom stereocenters. The zero-order chi connectivity index (χ0) is 15.9. The Morgan fingerprint density at radius 3 is 2.45 bits per heavy atom. The number of rotatable bonds is 6. The fourth-order valence-corrected chi connectivity index (χ4v) is 2.67. The van der Waals surface area contributed by atoms with Crippen molar-refractivity contribution < 1.29 is 14.3 Å². The minimum Gasteiger partial charge on any atom is -0.375 e. The first kappa shape index (κ1) is 16.6. The van der Waals surface area contributed by atoms with Gasteiger partial charge < -0.3 is 10.1 Å². The lowest BCUT2D eigenvalue weighted by Gasteiger charge is -2.31. The number of amides is 1. The Morgan fingerprint density at radius 1 is 1.23 bits per heavy atom. The maximum absolute atomic E-state index is 12.2. The van der Waals surface area contributed by atoms with E-state index >= 15 is 0 Å². The minimum absolute atomic E-state index is 0.0725. The maximum atomic E-state index is 12.2. The largest absolute Gasteiger partial charge is 0.375 e. The number of ketones is 1. The molecule has 0 atom stereocenters. The highest BCUT2D eigenvalue weighted by molar-refractivity contribution is 5.97. The zero-order valence-electron chi connectivity index (χ0n) is 13.3. The van der Waals surface area contributed by atoms with Crippen LogP contribution >= 0.6 is 0 Å². The smallest absolute Gasteiger partial charge is 0.246 e. The number of nitrogens with one attached hydrogen (secondary N) is 1. The Labute approximate surface area is 131 Å². The molecule has 1 aromatic carbocycles. The van der Waals surface area contributed by atoms with E-state index in [1.807, 2.05) is 31.2 Å². The lowest BCUT2D eigenvalue weighted by Crippen LogP contribution is -2.46. The number of ether oxygens (including phenoxy) is 1. The Balaban J connectivity index is 1.76. The summed E-state index contributed by atoms with van der Waals surface area (Å²) in [5, 5.41) is 2.96. The molecule has 120 valence electrons. The SMILES string of the molecule is COCC(=O)NC1CCN(CC(=O)c2ccc(C)cc2)CC1. The summed E-state index contributed by atoms with van der Waals surface area (Å²) in [5.74, 6) is 0.0820. The topological polar surface area (TPSA) is 58.6 Å². The van der Waals surface area contributed by atoms with Gasteiger partial charge in [0.05, 0.1) is 6.54 Å². The van der Waals surface area contributed by atoms with Crippen LogP contribution in [0.25, 0.3) is 0 Å². The Hall–Kier alpha value is -1.72. The van der Waals surface area contributed by atoms with Crippen LogP contribution in [0.5, 0.6) is 0 Å². The number of carbonyl (C=O) groups is 2. The molecule has 0 bridgehead atoms. The monoisotopic (exact) mass is 304 g/mol. The fraction of sp³-hybridized carbons (Fsp3) is 0.529. The van der Waals surface area contributed by atoms with Gasteiger partial charge in [0.15, 0.2) is 5.78 Å². The van der Waals surface area contributed by atoms with Crippen molar-refractivity contribution in [2.45, 2.75) is 25.8 Å². The quantitative estimate of drug-likeness (QED) is 0.807. The van der Waals surface area contributed by atoms with E-state index in [0.29, 0.717) is 6.54 Å². The zero-order valence-corrected chi connectivity index (χ0v) is 13.3. The molecule has 1 aliphatic heterocycles. The van der Waals surface area contributed by atoms with Gasteiger partial charge in [0, 0.05) is 31.8 Å². The van der Waals surface area contributed by atoms with Crippen molar-refractivity contribution in [3.63, 3.8) is 0 Å². The van der Waals surface area contributed by atoms with E-state index in [-0.39, 0.29) is 24.3 Å². The summed E-state index contributed by atoms with van der Waals surface area (Å²) < 4.78 is 4.81. The summed E-state index contributed by atoms with van der Waals surface area (Å²) >= 11 is 0. The van der Waals surface area contributed by atoms with E-state index < -0.39 is 0 Å². The molecular formula is C17H24N2O3. The van der Waals surface area contributed by atoms with Crippen LogP contribution in [-0.2, 0) is 9.53 Å². The molecule has 0 saturated carbocycles. The van der Waals surface area contributed by atoms with E-state index in [4.69, 9.17) is 4.74 Å². The second-order valence-corrected chi connectivity index (χ2v) is 5.84. The number of likely N-dealkylation sites (tertiary alicyclic amines) is 1. The van der Waals surface area contributed by atoms with Gasteiger partial charge in [-0.2, -0.15) is 0 Å². The summed E-state index contributed by atoms with van der Waals surface area (Å²) in [7, 11) is 1.51. The average molecular weight is 304 g/mol. The van der Waals surface area contributed by atoms with Crippen LogP contribution in [0.2, 0.25) is 0 Å². The first-order valence-corrected chi connectivity index (χ1v) is 7.69. The molecule has 0 aromatic heterocycles. The van der Waals surface area contributed by atoms with Crippen LogP contribution in [-0.4, -0.2) is 56.0 Å². The molecule has 0 aliphatic carbocycles. The van der Waals surface area contributed by atoms with Crippen LogP contribution in [0.15, 0.2) is 24.3 Å². The van der Waals surface area contributed by atoms with Crippen molar-refractivity contribution in [1.82, 2.24) is 10.2 Å². The molecular weight excluding hydrogens is 280 g/mol. The maximum Gasteiger partial charge on any atom is 0.246 e. The number of Topliss-reactive ketones (excluding diaryl/α,β-unsaturated/α-hetero) is 1. The van der Waals surface area contributed by atoms with Crippen molar-refractivity contribution in [1.29, 1.82) is 0 Å². The van der Waals surface area contributed by atoms with Crippen LogP contribution in [0.3, 0.4) is 0 Å². The molecule has 1 amide bonds. The van der Waals surface area contributed by atoms with E-state index in [9.17, 15) is 9.59 Å². The number of hydrogen-bond donors (Lipinski definition) is 1. The van der Waals surface area contributed by atoms with Gasteiger partial charge in [0.25, 0.3) is 0 Å². The van der Waals surface area contributed by atoms with Crippen molar-refractivity contribution >= 4 is 11.7 Å². The van der Waals surface area contributed by atoms with Crippen LogP contribution in [0, 0.1) is 6.92 Å². The molecule has 1 fully saturated rings. The lowest BCUT2D eigenvalue weighted by atomic mass is 10.0. The van der Waals surface area contributed by atoms with Gasteiger partial charge in [-0.25, -0.2) is 0 Å². The molecule has 1 saturated heterocycles. The second kappa shape index (κ2) is 8.06. The van der Waals surface area contributed by atoms with Crippen molar-refractivity contribution in [3.05, 3.63) is 35.4 Å². The Bertz CT molecular complexity index is 505. The van der Waals surface area contributed by atoms with Crippen molar-refractivity contribution in [3.8, 4) is 0 Å². The third kappa shape index (κ3) is 4.93. The predicted molar refractivity (Wildman–Crippen MR) is 85.0 cm³/mol. The van der Waals surface area contributed by atoms with Gasteiger partial charge in [0.2, 0.25) is 5.91 Å². The third-order valence-electron chi connectivity index (χ3n) is 3.97. The Kier molecular flexibility index (Phi) is 6.10. The molecule has 1 N–H and O–H groups in total. The molecule has 5 nitrogen and oxygen atoms in total. The highest BCUT2D eigenvalue weighted by atomic mass is 16.5. The number of nitrogens with zero attached hydrogens (tertiary/aromatic N) is 1. The summed E-state index contributed by atoms with van der Waals surface area (Å²) in [6.45, 7) is 4.22. The number of aryl methyl sites for hydroxylation is 1. The van der Waals surface area contributed by atoms with E-state index in [1.165, 1.54) is 7.11 Å². The first-order chi connectivity index (χ1) is 10.6. The number of methoxy groups -OCH3 is 1. The summed E-state index contributed by atoms with van der Waals surface area (Å²) in [5.41, 5.74) is 1.92. The molecule has 2 rings (SSSR count). The van der Waals surface area contributed by atoms with E-state index in [2.05, 4.69) is 10.2 Å². The summed E-state index contributed by atoms with van der Waals surface area (Å²) in [4.78, 5) is 25.9. The van der Waals surface area contributed by atoms with Gasteiger partial charge in [-0.1, -0.05) is 29.8 Å². The average Bonchev–Trinajstić information content (AvgIpc) is 2.50. The molecule has 1 aliphatic rings. The summed E-state index contributed by atoms with van der Waals surface area (Å²) in [6.07, 6.45) is 1.74. The molecule has 5 heteroatoms. The molecule has 0 radical (unpaired) electrons. The standard InChI is InChI=1S/C17H24N2O3/c1-13-3-5-14(6-4-13)16(20)11-19-9-7-15(8-10-19)18-17(21)12-22-2/h3-6,15H,7-12H2,1-2H3,(H,18,21). The molecule has 0 spiro atoms. The lowest BCUT2D eigenvalue weighted by molar-refractivity contribution is -0.125. The Morgan fingerprint density at radius 2 is 1.86 bits per heavy atom. The van der Waals surface area contributed by atoms with Gasteiger partial charge in [-0.05, 0) is 19.8 Å². The van der Waals surface area contributed by atoms with Gasteiger partial charge >= 0.3 is 0 Å². The molecule has 1 heterocycles. The number of hydrogen-bond acceptors (Lipinski definition) is 4. The molecule has 22 heavy (non-hydrogen) atoms. The van der Waals surface area contributed by atoms with Crippen LogP contribution in [0.1, 0.15) is 28.8 Å². The summed E-state index contributed by atoms with van der Waals surface area (Å²) in [6, 6.07) is 7.88. The number of carbonyl (C=O) groups excluding carboxylic acids is 2. The molecule has 1 aromatic rings. The predicted octanol–water partition coefficient (Wildman–Crippen LogP) is 1.40. The minimum atomic E-state index is -0.0725. The number of piperidine rings is 1. The van der Waals surface area contributed by atoms with Gasteiger partial charge in [-0.3, -0.25) is 14.5 Å². The van der Waals surface area contributed by atoms with Crippen LogP contribution < -0.4 is 5.32 Å². The first-order valence-electron chi connectivity index (χ1n) is 7.69. The highest BCUT2D eigenvalue weighted by Crippen LogP contribution is 2.12. The normalized spacial score (nSPS) is 16.5. The fourth-order valence-electron chi connectivity index (χ4n) is 2.67. The van der Waals surface area contributed by atoms with E-state index in [1.54, 1.807) is 0 Å². The number of benzene rings is 1. The van der Waals surface area contributed by atoms with Crippen molar-refractivity contribution in [2.24, 2.45) is 0 Å². The third-order valence-corrected chi connectivity index (χ3v) is 3.97. The highest BCUT2D eigenvalue weighted by Gasteiger charge is 2.22. The van der Waals surface area contributed by atoms with E-state index in [0.717, 1.165) is 37.1 Å². The second-order valence-electron chi connectivity index (χ2n) is 5.84. The van der Waals surface area contributed by atoms with Crippen LogP contribution in [0.4, 0.5) is 0 Å². The van der Waals surface area contributed by atoms with Gasteiger partial charge in [0.1, 0.15) is 6.61 Å². The van der Waals surface area contributed by atoms with Crippen molar-refractivity contribution in [2.75, 3.05) is 33.4 Å². The van der Waals surface area contributed by atoms with Gasteiger partial charge in [-0.15, -0.1) is 0 Å².